The van der Waals surface area contributed by atoms with Gasteiger partial charge in [-0.1, -0.05) is 0 Å². The summed E-state index contributed by atoms with van der Waals surface area (Å²) in [5.41, 5.74) is 7.97. The second kappa shape index (κ2) is 5.35. The van der Waals surface area contributed by atoms with Crippen LogP contribution in [0.3, 0.4) is 0 Å². The van der Waals surface area contributed by atoms with Crippen LogP contribution in [0.5, 0.6) is 11.5 Å². The molecule has 2 N–H and O–H groups in total. The molecule has 1 aromatic carbocycles. The van der Waals surface area contributed by atoms with Gasteiger partial charge in [-0.15, -0.1) is 11.3 Å². The maximum absolute atomic E-state index is 5.96. The quantitative estimate of drug-likeness (QED) is 0.893. The van der Waals surface area contributed by atoms with Crippen molar-refractivity contribution in [1.29, 1.82) is 0 Å². The summed E-state index contributed by atoms with van der Waals surface area (Å²) in [7, 11) is 0. The molecule has 0 amide bonds. The van der Waals surface area contributed by atoms with Gasteiger partial charge in [0.2, 0.25) is 0 Å². The Labute approximate surface area is 130 Å². The summed E-state index contributed by atoms with van der Waals surface area (Å²) < 4.78 is 12.1. The first-order chi connectivity index (χ1) is 9.56. The Morgan fingerprint density at radius 3 is 2.80 bits per heavy atom. The SMILES string of the molecule is Cc1nc(-c2cc(Br)c3c(c2)OCCO3)sc1C(C)N. The van der Waals surface area contributed by atoms with Crippen molar-refractivity contribution < 1.29 is 9.47 Å². The molecule has 0 saturated carbocycles. The van der Waals surface area contributed by atoms with Gasteiger partial charge in [-0.25, -0.2) is 4.98 Å². The largest absolute Gasteiger partial charge is 0.486 e. The molecule has 106 valence electrons. The maximum Gasteiger partial charge on any atom is 0.175 e. The Bertz CT molecular complexity index is 655. The monoisotopic (exact) mass is 354 g/mol. The van der Waals surface area contributed by atoms with E-state index in [9.17, 15) is 0 Å². The fourth-order valence-corrected chi connectivity index (χ4v) is 3.75. The number of thiazole rings is 1. The summed E-state index contributed by atoms with van der Waals surface area (Å²) in [6.45, 7) is 5.12. The molecule has 1 aromatic heterocycles. The number of fused-ring (bicyclic) bond motifs is 1. The third kappa shape index (κ3) is 2.43. The summed E-state index contributed by atoms with van der Waals surface area (Å²) in [4.78, 5) is 5.73. The van der Waals surface area contributed by atoms with Crippen LogP contribution in [0.1, 0.15) is 23.5 Å². The molecule has 0 saturated heterocycles. The van der Waals surface area contributed by atoms with Gasteiger partial charge in [0.15, 0.2) is 11.5 Å². The molecule has 0 spiro atoms. The first-order valence-electron chi connectivity index (χ1n) is 6.38. The third-order valence-corrected chi connectivity index (χ3v) is 5.09. The standard InChI is InChI=1S/C14H15BrN2O2S/c1-7(16)13-8(2)17-14(20-13)9-5-10(15)12-11(6-9)18-3-4-19-12/h5-7H,3-4,16H2,1-2H3. The molecular weight excluding hydrogens is 340 g/mol. The van der Waals surface area contributed by atoms with E-state index in [0.29, 0.717) is 13.2 Å². The van der Waals surface area contributed by atoms with Crippen LogP contribution in [0.4, 0.5) is 0 Å². The van der Waals surface area contributed by atoms with Crippen molar-refractivity contribution in [2.24, 2.45) is 5.73 Å². The van der Waals surface area contributed by atoms with Crippen LogP contribution < -0.4 is 15.2 Å². The van der Waals surface area contributed by atoms with Gasteiger partial charge in [0.1, 0.15) is 18.2 Å². The van der Waals surface area contributed by atoms with Crippen LogP contribution in [-0.2, 0) is 0 Å². The van der Waals surface area contributed by atoms with E-state index in [2.05, 4.69) is 20.9 Å². The van der Waals surface area contributed by atoms with E-state index in [1.165, 1.54) is 0 Å². The van der Waals surface area contributed by atoms with E-state index in [0.717, 1.165) is 37.1 Å². The van der Waals surface area contributed by atoms with Crippen molar-refractivity contribution in [3.63, 3.8) is 0 Å². The Balaban J connectivity index is 2.06. The average molecular weight is 355 g/mol. The highest BCUT2D eigenvalue weighted by atomic mass is 79.9. The Morgan fingerprint density at radius 1 is 1.35 bits per heavy atom. The number of hydrogen-bond donors (Lipinski definition) is 1. The lowest BCUT2D eigenvalue weighted by Gasteiger charge is -2.20. The number of aryl methyl sites for hydroxylation is 1. The predicted octanol–water partition coefficient (Wildman–Crippen LogP) is 3.67. The van der Waals surface area contributed by atoms with Crippen LogP contribution in [0.2, 0.25) is 0 Å². The third-order valence-electron chi connectivity index (χ3n) is 3.09. The first kappa shape index (κ1) is 13.9. The summed E-state index contributed by atoms with van der Waals surface area (Å²) in [6, 6.07) is 3.99. The molecule has 2 heterocycles. The number of aromatic nitrogens is 1. The lowest BCUT2D eigenvalue weighted by Crippen LogP contribution is -2.15. The molecule has 1 aliphatic heterocycles. The number of rotatable bonds is 2. The van der Waals surface area contributed by atoms with E-state index in [1.54, 1.807) is 11.3 Å². The summed E-state index contributed by atoms with van der Waals surface area (Å²) in [5.74, 6) is 1.52. The van der Waals surface area contributed by atoms with E-state index < -0.39 is 0 Å². The lowest BCUT2D eigenvalue weighted by atomic mass is 10.2. The molecular formula is C14H15BrN2O2S. The van der Waals surface area contributed by atoms with Gasteiger partial charge < -0.3 is 15.2 Å². The molecule has 0 aliphatic carbocycles. The van der Waals surface area contributed by atoms with Gasteiger partial charge in [-0.05, 0) is 41.9 Å². The Kier molecular flexibility index (Phi) is 3.70. The number of hydrogen-bond acceptors (Lipinski definition) is 5. The molecule has 1 aliphatic rings. The van der Waals surface area contributed by atoms with Crippen LogP contribution >= 0.6 is 27.3 Å². The van der Waals surface area contributed by atoms with E-state index in [-0.39, 0.29) is 6.04 Å². The molecule has 1 unspecified atom stereocenters. The van der Waals surface area contributed by atoms with Gasteiger partial charge in [-0.3, -0.25) is 0 Å². The summed E-state index contributed by atoms with van der Waals surface area (Å²) >= 11 is 5.16. The zero-order valence-electron chi connectivity index (χ0n) is 11.3. The van der Waals surface area contributed by atoms with Crippen molar-refractivity contribution in [3.8, 4) is 22.1 Å². The van der Waals surface area contributed by atoms with Gasteiger partial charge >= 0.3 is 0 Å². The minimum Gasteiger partial charge on any atom is -0.486 e. The minimum absolute atomic E-state index is 0.00176. The zero-order valence-corrected chi connectivity index (χ0v) is 13.7. The van der Waals surface area contributed by atoms with Crippen molar-refractivity contribution in [2.45, 2.75) is 19.9 Å². The Hall–Kier alpha value is -1.11. The summed E-state index contributed by atoms with van der Waals surface area (Å²) in [6.07, 6.45) is 0. The molecule has 2 aromatic rings. The topological polar surface area (TPSA) is 57.4 Å². The minimum atomic E-state index is 0.00176. The average Bonchev–Trinajstić information content (AvgIpc) is 2.81. The normalized spacial score (nSPS) is 15.2. The highest BCUT2D eigenvalue weighted by Gasteiger charge is 2.19. The van der Waals surface area contributed by atoms with E-state index in [1.807, 2.05) is 26.0 Å². The number of ether oxygens (including phenoxy) is 2. The van der Waals surface area contributed by atoms with E-state index in [4.69, 9.17) is 15.2 Å². The molecule has 20 heavy (non-hydrogen) atoms. The van der Waals surface area contributed by atoms with Crippen LogP contribution in [0.15, 0.2) is 16.6 Å². The number of nitrogens with two attached hydrogens (primary N) is 1. The smallest absolute Gasteiger partial charge is 0.175 e. The van der Waals surface area contributed by atoms with Crippen molar-refractivity contribution in [1.82, 2.24) is 4.98 Å². The van der Waals surface area contributed by atoms with Crippen molar-refractivity contribution in [3.05, 3.63) is 27.2 Å². The predicted molar refractivity (Wildman–Crippen MR) is 83.6 cm³/mol. The zero-order chi connectivity index (χ0) is 14.3. The fraction of sp³-hybridized carbons (Fsp3) is 0.357. The van der Waals surface area contributed by atoms with Gasteiger partial charge in [0, 0.05) is 16.5 Å². The number of benzene rings is 1. The van der Waals surface area contributed by atoms with Crippen LogP contribution in [-0.4, -0.2) is 18.2 Å². The van der Waals surface area contributed by atoms with Gasteiger partial charge in [-0.2, -0.15) is 0 Å². The molecule has 0 radical (unpaired) electrons. The van der Waals surface area contributed by atoms with Gasteiger partial charge in [0.25, 0.3) is 0 Å². The van der Waals surface area contributed by atoms with Gasteiger partial charge in [0.05, 0.1) is 10.2 Å². The van der Waals surface area contributed by atoms with E-state index >= 15 is 0 Å². The number of halogens is 1. The second-order valence-corrected chi connectivity index (χ2v) is 6.62. The van der Waals surface area contributed by atoms with Crippen LogP contribution in [0.25, 0.3) is 10.6 Å². The summed E-state index contributed by atoms with van der Waals surface area (Å²) in [5, 5.41) is 0.951. The molecule has 0 bridgehead atoms. The van der Waals surface area contributed by atoms with Crippen molar-refractivity contribution in [2.75, 3.05) is 13.2 Å². The molecule has 6 heteroatoms. The Morgan fingerprint density at radius 2 is 2.10 bits per heavy atom. The lowest BCUT2D eigenvalue weighted by molar-refractivity contribution is 0.170. The maximum atomic E-state index is 5.96. The molecule has 4 nitrogen and oxygen atoms in total. The fourth-order valence-electron chi connectivity index (χ4n) is 2.19. The highest BCUT2D eigenvalue weighted by molar-refractivity contribution is 9.10. The highest BCUT2D eigenvalue weighted by Crippen LogP contribution is 2.42. The molecule has 0 fully saturated rings. The first-order valence-corrected chi connectivity index (χ1v) is 7.99. The second-order valence-electron chi connectivity index (χ2n) is 4.74. The van der Waals surface area contributed by atoms with Crippen LogP contribution in [0, 0.1) is 6.92 Å². The molecule has 3 rings (SSSR count). The van der Waals surface area contributed by atoms with Crippen molar-refractivity contribution >= 4 is 27.3 Å². The molecule has 1 atom stereocenters. The number of nitrogens with zero attached hydrogens (tertiary/aromatic N) is 1.